The fourth-order valence-corrected chi connectivity index (χ4v) is 0.860. The lowest BCUT2D eigenvalue weighted by Crippen LogP contribution is -2.20. The maximum Gasteiger partial charge on any atom is 0.194 e. The van der Waals surface area contributed by atoms with Crippen LogP contribution in [0.4, 0.5) is 5.69 Å². The zero-order chi connectivity index (χ0) is 10.4. The van der Waals surface area contributed by atoms with Gasteiger partial charge in [-0.2, -0.15) is 10.4 Å². The number of thiocarbonyl (C=S) groups is 1. The Morgan fingerprint density at radius 3 is 2.57 bits per heavy atom. The fraction of sp³-hybridized carbons (Fsp3) is 0. The molecular weight excluding hydrogens is 196 g/mol. The van der Waals surface area contributed by atoms with Gasteiger partial charge in [-0.25, -0.2) is 0 Å². The van der Waals surface area contributed by atoms with Crippen molar-refractivity contribution in [1.82, 2.24) is 0 Å². The minimum atomic E-state index is -0.0177. The van der Waals surface area contributed by atoms with Crippen LogP contribution in [0.25, 0.3) is 0 Å². The van der Waals surface area contributed by atoms with Crippen molar-refractivity contribution >= 4 is 28.6 Å². The zero-order valence-electron chi connectivity index (χ0n) is 7.27. The van der Waals surface area contributed by atoms with E-state index in [1.165, 1.54) is 0 Å². The lowest BCUT2D eigenvalue weighted by atomic mass is 10.3. The highest BCUT2D eigenvalue weighted by Gasteiger charge is 1.99. The third kappa shape index (κ3) is 2.84. The summed E-state index contributed by atoms with van der Waals surface area (Å²) in [5.41, 5.74) is 8.72. The van der Waals surface area contributed by atoms with Crippen LogP contribution in [0.3, 0.4) is 0 Å². The highest BCUT2D eigenvalue weighted by Crippen LogP contribution is 2.04. The molecule has 0 radical (unpaired) electrons. The lowest BCUT2D eigenvalue weighted by Gasteiger charge is -1.99. The number of benzene rings is 1. The molecule has 0 saturated heterocycles. The van der Waals surface area contributed by atoms with E-state index >= 15 is 0 Å². The first-order valence-corrected chi connectivity index (χ1v) is 4.23. The van der Waals surface area contributed by atoms with Crippen molar-refractivity contribution < 1.29 is 0 Å². The van der Waals surface area contributed by atoms with Crippen molar-refractivity contribution in [3.05, 3.63) is 30.3 Å². The van der Waals surface area contributed by atoms with E-state index in [9.17, 15) is 0 Å². The Morgan fingerprint density at radius 1 is 1.43 bits per heavy atom. The Kier molecular flexibility index (Phi) is 3.58. The first kappa shape index (κ1) is 10.2. The Labute approximate surface area is 87.0 Å². The number of nitriles is 1. The molecule has 0 aliphatic carbocycles. The smallest absolute Gasteiger partial charge is 0.194 e. The highest BCUT2D eigenvalue weighted by molar-refractivity contribution is 7.82. The van der Waals surface area contributed by atoms with Crippen molar-refractivity contribution in [2.45, 2.75) is 0 Å². The van der Waals surface area contributed by atoms with Gasteiger partial charge in [0, 0.05) is 0 Å². The molecule has 3 N–H and O–H groups in total. The van der Waals surface area contributed by atoms with E-state index in [1.807, 2.05) is 30.3 Å². The van der Waals surface area contributed by atoms with Crippen molar-refractivity contribution in [1.29, 1.82) is 5.26 Å². The molecule has 4 nitrogen and oxygen atoms in total. The number of hydrazone groups is 1. The second-order valence-electron chi connectivity index (χ2n) is 2.41. The van der Waals surface area contributed by atoms with Gasteiger partial charge in [-0.3, -0.25) is 5.43 Å². The molecule has 70 valence electrons. The van der Waals surface area contributed by atoms with E-state index < -0.39 is 0 Å². The molecule has 0 unspecified atom stereocenters. The predicted octanol–water partition coefficient (Wildman–Crippen LogP) is 1.26. The molecule has 0 aliphatic heterocycles. The van der Waals surface area contributed by atoms with Crippen molar-refractivity contribution in [3.63, 3.8) is 0 Å². The van der Waals surface area contributed by atoms with Gasteiger partial charge in [-0.05, 0) is 12.1 Å². The van der Waals surface area contributed by atoms with Gasteiger partial charge in [0.1, 0.15) is 11.1 Å². The molecule has 14 heavy (non-hydrogen) atoms. The summed E-state index contributed by atoms with van der Waals surface area (Å²) in [7, 11) is 0. The maximum absolute atomic E-state index is 8.59. The number of hydrogen-bond acceptors (Lipinski definition) is 4. The third-order valence-electron chi connectivity index (χ3n) is 1.41. The minimum absolute atomic E-state index is 0.0175. The fourth-order valence-electron chi connectivity index (χ4n) is 0.768. The summed E-state index contributed by atoms with van der Waals surface area (Å²) in [6.45, 7) is 0. The van der Waals surface area contributed by atoms with E-state index in [2.05, 4.69) is 22.7 Å². The van der Waals surface area contributed by atoms with Crippen LogP contribution >= 0.6 is 12.2 Å². The zero-order valence-corrected chi connectivity index (χ0v) is 8.08. The average Bonchev–Trinajstić information content (AvgIpc) is 2.20. The van der Waals surface area contributed by atoms with E-state index in [-0.39, 0.29) is 10.7 Å². The Morgan fingerprint density at radius 2 is 2.07 bits per heavy atom. The number of rotatable bonds is 3. The van der Waals surface area contributed by atoms with Gasteiger partial charge >= 0.3 is 0 Å². The summed E-state index contributed by atoms with van der Waals surface area (Å²) in [5, 5.41) is 12.3. The molecule has 5 heteroatoms. The van der Waals surface area contributed by atoms with E-state index in [0.29, 0.717) is 0 Å². The topological polar surface area (TPSA) is 74.2 Å². The van der Waals surface area contributed by atoms with Crippen LogP contribution in [-0.4, -0.2) is 10.7 Å². The number of para-hydroxylation sites is 1. The summed E-state index contributed by atoms with van der Waals surface area (Å²) >= 11 is 4.62. The van der Waals surface area contributed by atoms with Crippen LogP contribution < -0.4 is 11.2 Å². The summed E-state index contributed by atoms with van der Waals surface area (Å²) < 4.78 is 0. The molecule has 0 saturated carbocycles. The van der Waals surface area contributed by atoms with E-state index in [0.717, 1.165) is 5.69 Å². The number of nitrogens with one attached hydrogen (secondary N) is 1. The van der Waals surface area contributed by atoms with Gasteiger partial charge in [0.05, 0.1) is 5.69 Å². The normalized spacial score (nSPS) is 10.4. The molecule has 0 heterocycles. The van der Waals surface area contributed by atoms with E-state index in [1.54, 1.807) is 6.07 Å². The van der Waals surface area contributed by atoms with Crippen molar-refractivity contribution in [2.75, 3.05) is 5.43 Å². The molecule has 0 aromatic heterocycles. The number of nitrogens with two attached hydrogens (primary N) is 1. The second-order valence-corrected chi connectivity index (χ2v) is 2.85. The van der Waals surface area contributed by atoms with Crippen LogP contribution in [0, 0.1) is 11.3 Å². The van der Waals surface area contributed by atoms with Gasteiger partial charge in [0.15, 0.2) is 5.71 Å². The molecule has 1 aromatic carbocycles. The summed E-state index contributed by atoms with van der Waals surface area (Å²) in [4.78, 5) is -0.0177. The SMILES string of the molecule is N#C/C(=N\Nc1ccccc1)C(N)=S. The Bertz CT molecular complexity index is 391. The van der Waals surface area contributed by atoms with Gasteiger partial charge < -0.3 is 5.73 Å². The monoisotopic (exact) mass is 204 g/mol. The molecule has 0 aliphatic rings. The Balaban J connectivity index is 2.73. The average molecular weight is 204 g/mol. The molecule has 1 aromatic rings. The van der Waals surface area contributed by atoms with Crippen molar-refractivity contribution in [2.24, 2.45) is 10.8 Å². The molecule has 0 fully saturated rings. The number of hydrogen-bond donors (Lipinski definition) is 2. The van der Waals surface area contributed by atoms with Crippen LogP contribution in [0.15, 0.2) is 35.4 Å². The largest absolute Gasteiger partial charge is 0.387 e. The molecule has 0 spiro atoms. The van der Waals surface area contributed by atoms with Crippen LogP contribution in [0.2, 0.25) is 0 Å². The second kappa shape index (κ2) is 4.94. The predicted molar refractivity (Wildman–Crippen MR) is 59.9 cm³/mol. The summed E-state index contributed by atoms with van der Waals surface area (Å²) in [5.74, 6) is 0. The molecule has 0 atom stereocenters. The maximum atomic E-state index is 8.59. The quantitative estimate of drug-likeness (QED) is 0.441. The standard InChI is InChI=1S/C9H8N4S/c10-6-8(9(11)14)13-12-7-4-2-1-3-5-7/h1-5,12H,(H2,11,14)/b13-8+. The molecule has 0 bridgehead atoms. The number of nitrogens with zero attached hydrogens (tertiary/aromatic N) is 2. The molecule has 0 amide bonds. The number of anilines is 1. The van der Waals surface area contributed by atoms with Gasteiger partial charge in [0.25, 0.3) is 0 Å². The van der Waals surface area contributed by atoms with Crippen LogP contribution in [-0.2, 0) is 0 Å². The summed E-state index contributed by atoms with van der Waals surface area (Å²) in [6, 6.07) is 11.0. The third-order valence-corrected chi connectivity index (χ3v) is 1.60. The molecule has 1 rings (SSSR count). The minimum Gasteiger partial charge on any atom is -0.387 e. The van der Waals surface area contributed by atoms with Gasteiger partial charge in [-0.15, -0.1) is 0 Å². The van der Waals surface area contributed by atoms with Crippen LogP contribution in [0.5, 0.6) is 0 Å². The first-order chi connectivity index (χ1) is 6.74. The van der Waals surface area contributed by atoms with Crippen molar-refractivity contribution in [3.8, 4) is 6.07 Å². The first-order valence-electron chi connectivity index (χ1n) is 3.82. The van der Waals surface area contributed by atoms with Gasteiger partial charge in [0.2, 0.25) is 0 Å². The Hall–Kier alpha value is -1.93. The molecular formula is C9H8N4S. The lowest BCUT2D eigenvalue weighted by molar-refractivity contribution is 1.34. The van der Waals surface area contributed by atoms with Gasteiger partial charge in [-0.1, -0.05) is 30.4 Å². The van der Waals surface area contributed by atoms with Crippen LogP contribution in [0.1, 0.15) is 0 Å². The summed E-state index contributed by atoms with van der Waals surface area (Å²) in [6.07, 6.45) is 0. The highest BCUT2D eigenvalue weighted by atomic mass is 32.1. The van der Waals surface area contributed by atoms with E-state index in [4.69, 9.17) is 11.0 Å².